The second-order valence-corrected chi connectivity index (χ2v) is 11.7. The zero-order valence-corrected chi connectivity index (χ0v) is 21.8. The molecule has 0 saturated carbocycles. The van der Waals surface area contributed by atoms with Crippen LogP contribution in [0.5, 0.6) is 0 Å². The lowest BCUT2D eigenvalue weighted by Gasteiger charge is -2.46. The molecule has 39 heavy (non-hydrogen) atoms. The van der Waals surface area contributed by atoms with Crippen LogP contribution in [0.3, 0.4) is 0 Å². The quantitative estimate of drug-likeness (QED) is 0.276. The normalized spacial score (nSPS) is 16.6. The predicted octanol–water partition coefficient (Wildman–Crippen LogP) is 8.35. The number of benzene rings is 1. The second-order valence-electron chi connectivity index (χ2n) is 11.7. The third-order valence-electron chi connectivity index (χ3n) is 6.56. The Kier molecular flexibility index (Phi) is 8.68. The highest BCUT2D eigenvalue weighted by Gasteiger charge is 2.76. The molecule has 1 aromatic rings. The number of aliphatic hydroxyl groups is 1. The van der Waals surface area contributed by atoms with Crippen molar-refractivity contribution in [3.8, 4) is 0 Å². The van der Waals surface area contributed by atoms with Gasteiger partial charge in [-0.2, -0.15) is 52.7 Å². The Bertz CT molecular complexity index is 992. The Morgan fingerprint density at radius 2 is 0.974 bits per heavy atom. The van der Waals surface area contributed by atoms with E-state index in [1.807, 2.05) is 0 Å². The topological polar surface area (TPSA) is 46.5 Å². The van der Waals surface area contributed by atoms with Crippen LogP contribution in [-0.4, -0.2) is 35.8 Å². The number of hydrogen-bond donors (Lipinski definition) is 1. The first kappa shape index (κ1) is 34.8. The molecule has 0 heterocycles. The molecule has 0 amide bonds. The summed E-state index contributed by atoms with van der Waals surface area (Å²) >= 11 is 0. The molecular weight excluding hydrogens is 564 g/mol. The van der Waals surface area contributed by atoms with Gasteiger partial charge in [-0.1, -0.05) is 65.8 Å². The minimum Gasteiger partial charge on any atom is -0.434 e. The molecule has 0 aliphatic rings. The first-order chi connectivity index (χ1) is 16.8. The molecule has 1 aromatic carbocycles. The molecular formula is C24H28F12O3. The average molecular weight is 592 g/mol. The highest BCUT2D eigenvalue weighted by molar-refractivity contribution is 5.78. The van der Waals surface area contributed by atoms with E-state index in [9.17, 15) is 62.6 Å². The largest absolute Gasteiger partial charge is 0.442 e. The highest BCUT2D eigenvalue weighted by atomic mass is 19.4. The third kappa shape index (κ3) is 6.12. The highest BCUT2D eigenvalue weighted by Crippen LogP contribution is 2.57. The van der Waals surface area contributed by atoms with Gasteiger partial charge in [-0.25, -0.2) is 0 Å². The zero-order chi connectivity index (χ0) is 31.5. The van der Waals surface area contributed by atoms with Crippen LogP contribution in [0.15, 0.2) is 24.3 Å². The lowest BCUT2D eigenvalue weighted by Crippen LogP contribution is -2.59. The third-order valence-corrected chi connectivity index (χ3v) is 6.56. The van der Waals surface area contributed by atoms with Crippen LogP contribution in [0.25, 0.3) is 0 Å². The van der Waals surface area contributed by atoms with Gasteiger partial charge in [-0.3, -0.25) is 4.79 Å². The molecule has 1 rings (SSSR count). The van der Waals surface area contributed by atoms with Crippen molar-refractivity contribution in [3.05, 3.63) is 35.4 Å². The molecule has 0 aliphatic heterocycles. The minimum absolute atomic E-state index is 0.267. The van der Waals surface area contributed by atoms with E-state index in [0.717, 1.165) is 6.92 Å². The number of esters is 1. The summed E-state index contributed by atoms with van der Waals surface area (Å²) in [6, 6.07) is -1.50. The Labute approximate surface area is 216 Å². The van der Waals surface area contributed by atoms with E-state index in [0.29, 0.717) is 0 Å². The molecule has 0 saturated heterocycles. The maximum Gasteiger partial charge on any atom is 0.442 e. The first-order valence-electron chi connectivity index (χ1n) is 11.1. The Morgan fingerprint density at radius 1 is 0.641 bits per heavy atom. The predicted molar refractivity (Wildman–Crippen MR) is 114 cm³/mol. The Hall–Kier alpha value is -2.19. The number of carbonyl (C=O) groups excluding carboxylic acids is 1. The van der Waals surface area contributed by atoms with Crippen molar-refractivity contribution in [2.75, 3.05) is 0 Å². The van der Waals surface area contributed by atoms with Crippen LogP contribution >= 0.6 is 0 Å². The van der Waals surface area contributed by atoms with Gasteiger partial charge in [0.25, 0.3) is 5.60 Å². The van der Waals surface area contributed by atoms with Gasteiger partial charge in [0.15, 0.2) is 0 Å². The smallest absolute Gasteiger partial charge is 0.434 e. The molecule has 0 spiro atoms. The van der Waals surface area contributed by atoms with Crippen LogP contribution < -0.4 is 0 Å². The van der Waals surface area contributed by atoms with E-state index in [-0.39, 0.29) is 18.6 Å². The average Bonchev–Trinajstić information content (AvgIpc) is 2.65. The zero-order valence-electron chi connectivity index (χ0n) is 21.8. The maximum atomic E-state index is 14.2. The fourth-order valence-electron chi connectivity index (χ4n) is 4.05. The number of alkyl halides is 12. The van der Waals surface area contributed by atoms with Gasteiger partial charge in [0.1, 0.15) is 0 Å². The van der Waals surface area contributed by atoms with Crippen molar-refractivity contribution < 1.29 is 67.3 Å². The van der Waals surface area contributed by atoms with Crippen LogP contribution in [0, 0.1) is 16.2 Å². The molecule has 0 radical (unpaired) electrons. The SMILES string of the molecule is CC(C)(C)CC(C)(C(=O)OC(c1ccc(C(O)(C(F)(F)F)C(F)(F)F)cc1)(C(F)(F)F)C(F)(F)F)C(C)(C)C. The second kappa shape index (κ2) is 9.72. The van der Waals surface area contributed by atoms with E-state index >= 15 is 0 Å². The lowest BCUT2D eigenvalue weighted by atomic mass is 9.61. The number of ether oxygens (including phenoxy) is 1. The van der Waals surface area contributed by atoms with E-state index < -0.39 is 81.4 Å². The Balaban J connectivity index is 3.98. The van der Waals surface area contributed by atoms with E-state index in [1.54, 1.807) is 20.8 Å². The van der Waals surface area contributed by atoms with Crippen molar-refractivity contribution in [1.82, 2.24) is 0 Å². The molecule has 0 bridgehead atoms. The molecule has 1 atom stereocenters. The van der Waals surface area contributed by atoms with Gasteiger partial charge in [0, 0.05) is 11.1 Å². The molecule has 1 unspecified atom stereocenters. The van der Waals surface area contributed by atoms with Crippen molar-refractivity contribution in [3.63, 3.8) is 0 Å². The maximum absolute atomic E-state index is 14.2. The van der Waals surface area contributed by atoms with Gasteiger partial charge < -0.3 is 9.84 Å². The summed E-state index contributed by atoms with van der Waals surface area (Å²) in [5.41, 5.74) is -19.3. The first-order valence-corrected chi connectivity index (χ1v) is 11.1. The summed E-state index contributed by atoms with van der Waals surface area (Å²) in [6.07, 6.45) is -26.1. The summed E-state index contributed by atoms with van der Waals surface area (Å²) in [4.78, 5) is 13.2. The van der Waals surface area contributed by atoms with Crippen molar-refractivity contribution >= 4 is 5.97 Å². The van der Waals surface area contributed by atoms with E-state index in [2.05, 4.69) is 4.74 Å². The Morgan fingerprint density at radius 3 is 1.23 bits per heavy atom. The van der Waals surface area contributed by atoms with Crippen LogP contribution in [-0.2, 0) is 20.7 Å². The molecule has 1 N–H and O–H groups in total. The summed E-state index contributed by atoms with van der Waals surface area (Å²) in [7, 11) is 0. The number of hydrogen-bond acceptors (Lipinski definition) is 3. The molecule has 0 aromatic heterocycles. The molecule has 0 fully saturated rings. The fourth-order valence-corrected chi connectivity index (χ4v) is 4.05. The summed E-state index contributed by atoms with van der Waals surface area (Å²) < 4.78 is 169. The van der Waals surface area contributed by atoms with Gasteiger partial charge in [0.2, 0.25) is 0 Å². The lowest BCUT2D eigenvalue weighted by molar-refractivity contribution is -0.381. The monoisotopic (exact) mass is 592 g/mol. The van der Waals surface area contributed by atoms with Gasteiger partial charge >= 0.3 is 36.3 Å². The van der Waals surface area contributed by atoms with Gasteiger partial charge in [0.05, 0.1) is 5.41 Å². The van der Waals surface area contributed by atoms with Gasteiger partial charge in [-0.15, -0.1) is 0 Å². The van der Waals surface area contributed by atoms with Crippen molar-refractivity contribution in [2.45, 2.75) is 90.8 Å². The van der Waals surface area contributed by atoms with E-state index in [4.69, 9.17) is 0 Å². The van der Waals surface area contributed by atoms with Crippen LogP contribution in [0.4, 0.5) is 52.7 Å². The standard InChI is InChI=1S/C24H28F12O3/c1-16(2,3)12-18(7,17(4,5)6)15(37)39-20(23(31,32)33,24(34,35)36)14-10-8-13(9-11-14)19(38,21(25,26)27)22(28,29)30/h8-11,38H,12H2,1-7H3. The fraction of sp³-hybridized carbons (Fsp3) is 0.708. The summed E-state index contributed by atoms with van der Waals surface area (Å²) in [6.45, 7) is 9.88. The number of halogens is 12. The van der Waals surface area contributed by atoms with Crippen LogP contribution in [0.1, 0.15) is 66.0 Å². The molecule has 3 nitrogen and oxygen atoms in total. The van der Waals surface area contributed by atoms with Gasteiger partial charge in [-0.05, 0) is 24.2 Å². The number of carbonyl (C=O) groups is 1. The van der Waals surface area contributed by atoms with Crippen molar-refractivity contribution in [2.24, 2.45) is 16.2 Å². The van der Waals surface area contributed by atoms with E-state index in [1.165, 1.54) is 20.8 Å². The number of rotatable bonds is 5. The molecule has 0 aliphatic carbocycles. The minimum atomic E-state index is -6.48. The van der Waals surface area contributed by atoms with Crippen molar-refractivity contribution in [1.29, 1.82) is 0 Å². The molecule has 15 heteroatoms. The summed E-state index contributed by atoms with van der Waals surface area (Å²) in [5.74, 6) is -1.95. The molecule has 226 valence electrons. The van der Waals surface area contributed by atoms with Crippen LogP contribution in [0.2, 0.25) is 0 Å². The summed E-state index contributed by atoms with van der Waals surface area (Å²) in [5, 5.41) is 9.44.